The number of carbonyl (C=O) groups excluding carboxylic acids is 1. The molecule has 2 heterocycles. The van der Waals surface area contributed by atoms with Crippen LogP contribution in [0.1, 0.15) is 64.2 Å². The molecule has 1 amide bonds. The third-order valence-electron chi connectivity index (χ3n) is 8.75. The van der Waals surface area contributed by atoms with Gasteiger partial charge in [0.05, 0.1) is 0 Å². The number of carbonyl (C=O) groups is 1. The first-order chi connectivity index (χ1) is 14.1. The second kappa shape index (κ2) is 9.67. The Bertz CT molecular complexity index is 555. The molecule has 0 aromatic carbocycles. The van der Waals surface area contributed by atoms with Gasteiger partial charge < -0.3 is 26.0 Å². The van der Waals surface area contributed by atoms with Crippen molar-refractivity contribution in [3.8, 4) is 0 Å². The van der Waals surface area contributed by atoms with Crippen LogP contribution in [-0.2, 0) is 4.79 Å². The topological polar surface area (TPSA) is 98.8 Å². The molecular weight excluding hydrogens is 365 g/mol. The largest absolute Gasteiger partial charge is 0.469 e. The predicted molar refractivity (Wildman–Crippen MR) is 115 cm³/mol. The number of nitrogens with one attached hydrogen (secondary N) is 1. The van der Waals surface area contributed by atoms with Gasteiger partial charge in [0.2, 0.25) is 5.91 Å². The molecule has 4 fully saturated rings. The van der Waals surface area contributed by atoms with Crippen LogP contribution in [0.15, 0.2) is 0 Å². The van der Waals surface area contributed by atoms with Crippen LogP contribution < -0.4 is 11.1 Å². The van der Waals surface area contributed by atoms with Crippen LogP contribution in [0.25, 0.3) is 0 Å². The van der Waals surface area contributed by atoms with Crippen molar-refractivity contribution >= 4 is 13.0 Å². The standard InChI is InChI=1S/C22H40BN3O3/c24-14-15-3-1-4-17(13-15)16-8-11-26(12-9-16)22(27)20-6-2-5-19-18(20)7-10-25-21(19)23(28)29/h15-21,25,28-29H,1-14,24H2. The summed E-state index contributed by atoms with van der Waals surface area (Å²) in [5.74, 6) is 2.93. The summed E-state index contributed by atoms with van der Waals surface area (Å²) < 4.78 is 0. The molecule has 7 heteroatoms. The minimum atomic E-state index is -1.33. The number of likely N-dealkylation sites (tertiary alicyclic amines) is 1. The fourth-order valence-electron chi connectivity index (χ4n) is 7.16. The lowest BCUT2D eigenvalue weighted by Gasteiger charge is -2.47. The van der Waals surface area contributed by atoms with E-state index in [1.807, 2.05) is 0 Å². The first-order valence-corrected chi connectivity index (χ1v) is 12.2. The van der Waals surface area contributed by atoms with Crippen molar-refractivity contribution in [2.24, 2.45) is 41.2 Å². The number of hydrogen-bond donors (Lipinski definition) is 4. The lowest BCUT2D eigenvalue weighted by molar-refractivity contribution is -0.142. The van der Waals surface area contributed by atoms with Gasteiger partial charge in [-0.1, -0.05) is 19.3 Å². The van der Waals surface area contributed by atoms with Crippen molar-refractivity contribution < 1.29 is 14.8 Å². The number of rotatable bonds is 4. The third kappa shape index (κ3) is 4.68. The average Bonchev–Trinajstić information content (AvgIpc) is 2.77. The first kappa shape index (κ1) is 21.6. The van der Waals surface area contributed by atoms with Crippen molar-refractivity contribution in [3.05, 3.63) is 0 Å². The van der Waals surface area contributed by atoms with Crippen LogP contribution in [0.2, 0.25) is 0 Å². The molecule has 0 radical (unpaired) electrons. The van der Waals surface area contributed by atoms with E-state index in [2.05, 4.69) is 10.2 Å². The molecule has 0 bridgehead atoms. The highest BCUT2D eigenvalue weighted by Crippen LogP contribution is 2.43. The number of piperidine rings is 2. The van der Waals surface area contributed by atoms with Crippen molar-refractivity contribution in [2.45, 2.75) is 70.1 Å². The van der Waals surface area contributed by atoms with Gasteiger partial charge in [0.1, 0.15) is 0 Å². The molecule has 2 aliphatic heterocycles. The highest BCUT2D eigenvalue weighted by atomic mass is 16.4. The fourth-order valence-corrected chi connectivity index (χ4v) is 7.16. The summed E-state index contributed by atoms with van der Waals surface area (Å²) in [6.45, 7) is 3.42. The minimum Gasteiger partial charge on any atom is -0.426 e. The van der Waals surface area contributed by atoms with Gasteiger partial charge in [0.15, 0.2) is 0 Å². The smallest absolute Gasteiger partial charge is 0.426 e. The van der Waals surface area contributed by atoms with Crippen molar-refractivity contribution in [1.29, 1.82) is 0 Å². The van der Waals surface area contributed by atoms with E-state index >= 15 is 0 Å². The van der Waals surface area contributed by atoms with Gasteiger partial charge in [-0.25, -0.2) is 0 Å². The Hall–Kier alpha value is -0.625. The molecule has 2 saturated heterocycles. The maximum atomic E-state index is 13.4. The monoisotopic (exact) mass is 405 g/mol. The molecule has 4 rings (SSSR count). The zero-order valence-electron chi connectivity index (χ0n) is 17.8. The van der Waals surface area contributed by atoms with E-state index in [4.69, 9.17) is 5.73 Å². The molecule has 0 aromatic rings. The number of fused-ring (bicyclic) bond motifs is 1. The van der Waals surface area contributed by atoms with Crippen molar-refractivity contribution in [1.82, 2.24) is 10.2 Å². The Kier molecular flexibility index (Phi) is 7.20. The normalized spacial score (nSPS) is 39.1. The predicted octanol–water partition coefficient (Wildman–Crippen LogP) is 1.40. The van der Waals surface area contributed by atoms with E-state index in [1.54, 1.807) is 0 Å². The number of hydrogen-bond acceptors (Lipinski definition) is 5. The molecule has 5 N–H and O–H groups in total. The first-order valence-electron chi connectivity index (χ1n) is 12.2. The highest BCUT2D eigenvalue weighted by Gasteiger charge is 2.47. The van der Waals surface area contributed by atoms with E-state index in [1.165, 1.54) is 25.7 Å². The summed E-state index contributed by atoms with van der Waals surface area (Å²) in [5.41, 5.74) is 5.93. The fraction of sp³-hybridized carbons (Fsp3) is 0.955. The molecular formula is C22H40BN3O3. The SMILES string of the molecule is NCC1CCCC(C2CCN(C(=O)C3CCCC4C(B(O)O)NCCC34)CC2)C1. The quantitative estimate of drug-likeness (QED) is 0.530. The van der Waals surface area contributed by atoms with Gasteiger partial charge in [-0.15, -0.1) is 0 Å². The van der Waals surface area contributed by atoms with E-state index in [9.17, 15) is 14.8 Å². The number of nitrogens with two attached hydrogens (primary N) is 1. The van der Waals surface area contributed by atoms with Crippen LogP contribution in [0.3, 0.4) is 0 Å². The summed E-state index contributed by atoms with van der Waals surface area (Å²) >= 11 is 0. The minimum absolute atomic E-state index is 0.0740. The second-order valence-electron chi connectivity index (χ2n) is 10.2. The summed E-state index contributed by atoms with van der Waals surface area (Å²) in [5, 5.41) is 22.8. The van der Waals surface area contributed by atoms with E-state index < -0.39 is 7.12 Å². The van der Waals surface area contributed by atoms with Gasteiger partial charge in [-0.3, -0.25) is 4.79 Å². The van der Waals surface area contributed by atoms with Crippen molar-refractivity contribution in [3.63, 3.8) is 0 Å². The summed E-state index contributed by atoms with van der Waals surface area (Å²) in [7, 11) is -1.33. The Morgan fingerprint density at radius 1 is 0.966 bits per heavy atom. The second-order valence-corrected chi connectivity index (χ2v) is 10.2. The van der Waals surface area contributed by atoms with Crippen LogP contribution in [0.4, 0.5) is 0 Å². The van der Waals surface area contributed by atoms with Crippen molar-refractivity contribution in [2.75, 3.05) is 26.2 Å². The maximum absolute atomic E-state index is 13.4. The Morgan fingerprint density at radius 3 is 2.45 bits per heavy atom. The van der Waals surface area contributed by atoms with E-state index in [0.29, 0.717) is 17.7 Å². The molecule has 4 aliphatic rings. The maximum Gasteiger partial charge on any atom is 0.469 e. The molecule has 164 valence electrons. The van der Waals surface area contributed by atoms with Gasteiger partial charge in [-0.05, 0) is 87.6 Å². The van der Waals surface area contributed by atoms with E-state index in [-0.39, 0.29) is 17.8 Å². The molecule has 29 heavy (non-hydrogen) atoms. The zero-order chi connectivity index (χ0) is 20.4. The van der Waals surface area contributed by atoms with Crippen LogP contribution in [0.5, 0.6) is 0 Å². The van der Waals surface area contributed by atoms with Gasteiger partial charge in [0, 0.05) is 24.9 Å². The third-order valence-corrected chi connectivity index (χ3v) is 8.75. The zero-order valence-corrected chi connectivity index (χ0v) is 17.8. The summed E-state index contributed by atoms with van der Waals surface area (Å²) in [4.78, 5) is 15.6. The Labute approximate surface area is 176 Å². The number of amides is 1. The molecule has 2 saturated carbocycles. The molecule has 0 aromatic heterocycles. The Morgan fingerprint density at radius 2 is 1.72 bits per heavy atom. The molecule has 2 aliphatic carbocycles. The van der Waals surface area contributed by atoms with Crippen LogP contribution >= 0.6 is 0 Å². The average molecular weight is 405 g/mol. The van der Waals surface area contributed by atoms with Crippen LogP contribution in [-0.4, -0.2) is 60.1 Å². The molecule has 6 nitrogen and oxygen atoms in total. The molecule has 6 atom stereocenters. The summed E-state index contributed by atoms with van der Waals surface area (Å²) in [6, 6.07) is 0. The summed E-state index contributed by atoms with van der Waals surface area (Å²) in [6.07, 6.45) is 11.5. The lowest BCUT2D eigenvalue weighted by Crippen LogP contribution is -2.58. The molecule has 0 spiro atoms. The van der Waals surface area contributed by atoms with Gasteiger partial charge in [-0.2, -0.15) is 0 Å². The van der Waals surface area contributed by atoms with Gasteiger partial charge >= 0.3 is 7.12 Å². The molecule has 6 unspecified atom stereocenters. The van der Waals surface area contributed by atoms with Crippen LogP contribution in [0, 0.1) is 35.5 Å². The number of nitrogens with zero attached hydrogens (tertiary/aromatic N) is 1. The van der Waals surface area contributed by atoms with E-state index in [0.717, 1.165) is 76.5 Å². The lowest BCUT2D eigenvalue weighted by atomic mass is 9.57. The van der Waals surface area contributed by atoms with Gasteiger partial charge in [0.25, 0.3) is 0 Å². The Balaban J connectivity index is 1.33. The highest BCUT2D eigenvalue weighted by molar-refractivity contribution is 6.43.